The summed E-state index contributed by atoms with van der Waals surface area (Å²) in [5, 5.41) is 0.611. The largest absolute Gasteiger partial charge is 0.462 e. The molecule has 0 amide bonds. The first-order chi connectivity index (χ1) is 16.1. The number of ether oxygens (including phenoxy) is 1. The molecular formula is C26H29ClN4O2. The van der Waals surface area contributed by atoms with Gasteiger partial charge >= 0.3 is 5.97 Å². The maximum atomic E-state index is 13.1. The minimum absolute atomic E-state index is 0.251. The van der Waals surface area contributed by atoms with Gasteiger partial charge in [-0.3, -0.25) is 4.57 Å². The molecule has 2 N–H and O–H groups in total. The molecule has 0 atom stereocenters. The number of para-hydroxylation sites is 2. The molecule has 0 unspecified atom stereocenters. The van der Waals surface area contributed by atoms with Gasteiger partial charge in [0.1, 0.15) is 16.9 Å². The van der Waals surface area contributed by atoms with Crippen molar-refractivity contribution in [3.05, 3.63) is 59.1 Å². The molecule has 0 saturated heterocycles. The Bertz CT molecular complexity index is 1250. The lowest BCUT2D eigenvalue weighted by Gasteiger charge is -2.08. The molecule has 0 spiro atoms. The molecule has 172 valence electrons. The van der Waals surface area contributed by atoms with E-state index in [1.54, 1.807) is 16.7 Å². The van der Waals surface area contributed by atoms with E-state index in [1.807, 2.05) is 36.4 Å². The van der Waals surface area contributed by atoms with Crippen molar-refractivity contribution in [2.45, 2.75) is 51.9 Å². The van der Waals surface area contributed by atoms with Crippen LogP contribution >= 0.6 is 11.6 Å². The summed E-state index contributed by atoms with van der Waals surface area (Å²) in [6, 6.07) is 14.8. The summed E-state index contributed by atoms with van der Waals surface area (Å²) in [4.78, 5) is 22.6. The third-order valence-corrected chi connectivity index (χ3v) is 6.02. The van der Waals surface area contributed by atoms with Crippen LogP contribution in [0.1, 0.15) is 62.2 Å². The van der Waals surface area contributed by atoms with Gasteiger partial charge in [0.25, 0.3) is 0 Å². The molecular weight excluding hydrogens is 436 g/mol. The molecule has 33 heavy (non-hydrogen) atoms. The SMILES string of the molecule is CCCCCCCCCOC(=O)c1c(N)n(-c2ccc(Cl)cc2)c2nc3ccccc3nc12. The number of nitrogen functional groups attached to an aromatic ring is 1. The highest BCUT2D eigenvalue weighted by Crippen LogP contribution is 2.32. The van der Waals surface area contributed by atoms with Crippen LogP contribution in [-0.4, -0.2) is 27.1 Å². The molecule has 0 bridgehead atoms. The zero-order valence-electron chi connectivity index (χ0n) is 18.9. The van der Waals surface area contributed by atoms with Crippen molar-refractivity contribution in [1.29, 1.82) is 0 Å². The average molecular weight is 465 g/mol. The van der Waals surface area contributed by atoms with E-state index in [0.717, 1.165) is 30.5 Å². The Morgan fingerprint density at radius 1 is 0.939 bits per heavy atom. The Morgan fingerprint density at radius 3 is 2.27 bits per heavy atom. The number of benzene rings is 2. The summed E-state index contributed by atoms with van der Waals surface area (Å²) in [7, 11) is 0. The first-order valence-electron chi connectivity index (χ1n) is 11.6. The van der Waals surface area contributed by atoms with E-state index in [0.29, 0.717) is 28.3 Å². The molecule has 0 fully saturated rings. The predicted octanol–water partition coefficient (Wildman–Crippen LogP) is 6.72. The van der Waals surface area contributed by atoms with Crippen molar-refractivity contribution < 1.29 is 9.53 Å². The molecule has 2 aromatic heterocycles. The van der Waals surface area contributed by atoms with E-state index in [2.05, 4.69) is 6.92 Å². The quantitative estimate of drug-likeness (QED) is 0.208. The molecule has 2 heterocycles. The van der Waals surface area contributed by atoms with E-state index < -0.39 is 5.97 Å². The molecule has 0 aliphatic rings. The minimum Gasteiger partial charge on any atom is -0.462 e. The van der Waals surface area contributed by atoms with Crippen LogP contribution in [0.5, 0.6) is 0 Å². The second-order valence-corrected chi connectivity index (χ2v) is 8.65. The normalized spacial score (nSPS) is 11.3. The zero-order valence-corrected chi connectivity index (χ0v) is 19.6. The Hall–Kier alpha value is -3.12. The van der Waals surface area contributed by atoms with Gasteiger partial charge in [-0.1, -0.05) is 69.2 Å². The van der Waals surface area contributed by atoms with Gasteiger partial charge in [0.05, 0.1) is 17.6 Å². The van der Waals surface area contributed by atoms with Gasteiger partial charge in [0.15, 0.2) is 5.65 Å². The summed E-state index contributed by atoms with van der Waals surface area (Å²) < 4.78 is 7.34. The number of carbonyl (C=O) groups excluding carboxylic acids is 1. The van der Waals surface area contributed by atoms with Crippen molar-refractivity contribution >= 4 is 45.6 Å². The third kappa shape index (κ3) is 5.11. The highest BCUT2D eigenvalue weighted by atomic mass is 35.5. The van der Waals surface area contributed by atoms with Gasteiger partial charge in [0, 0.05) is 10.7 Å². The van der Waals surface area contributed by atoms with Crippen LogP contribution in [0.4, 0.5) is 5.82 Å². The number of nitrogens with two attached hydrogens (primary N) is 1. The predicted molar refractivity (Wildman–Crippen MR) is 134 cm³/mol. The highest BCUT2D eigenvalue weighted by molar-refractivity contribution is 6.30. The Labute approximate surface area is 198 Å². The summed E-state index contributed by atoms with van der Waals surface area (Å²) in [5.41, 5.74) is 9.86. The maximum absolute atomic E-state index is 13.1. The smallest absolute Gasteiger partial charge is 0.344 e. The van der Waals surface area contributed by atoms with Crippen molar-refractivity contribution in [3.63, 3.8) is 0 Å². The first kappa shape index (κ1) is 23.1. The van der Waals surface area contributed by atoms with Crippen LogP contribution in [0.15, 0.2) is 48.5 Å². The number of carbonyl (C=O) groups is 1. The van der Waals surface area contributed by atoms with Crippen molar-refractivity contribution in [2.75, 3.05) is 12.3 Å². The van der Waals surface area contributed by atoms with Crippen LogP contribution in [0.25, 0.3) is 27.9 Å². The van der Waals surface area contributed by atoms with Crippen LogP contribution in [0, 0.1) is 0 Å². The van der Waals surface area contributed by atoms with E-state index in [1.165, 1.54) is 25.7 Å². The van der Waals surface area contributed by atoms with Crippen molar-refractivity contribution in [2.24, 2.45) is 0 Å². The third-order valence-electron chi connectivity index (χ3n) is 5.77. The second-order valence-electron chi connectivity index (χ2n) is 8.21. The number of hydrogen-bond donors (Lipinski definition) is 1. The Balaban J connectivity index is 1.62. The van der Waals surface area contributed by atoms with Gasteiger partial charge in [-0.25, -0.2) is 14.8 Å². The number of nitrogens with zero attached hydrogens (tertiary/aromatic N) is 3. The fourth-order valence-corrected chi connectivity index (χ4v) is 4.14. The van der Waals surface area contributed by atoms with Gasteiger partial charge in [-0.2, -0.15) is 0 Å². The number of aromatic nitrogens is 3. The molecule has 0 aliphatic heterocycles. The Morgan fingerprint density at radius 2 is 1.58 bits per heavy atom. The van der Waals surface area contributed by atoms with E-state index in [-0.39, 0.29) is 11.4 Å². The lowest BCUT2D eigenvalue weighted by atomic mass is 10.1. The lowest BCUT2D eigenvalue weighted by Crippen LogP contribution is -2.10. The van der Waals surface area contributed by atoms with Gasteiger partial charge in [-0.15, -0.1) is 0 Å². The maximum Gasteiger partial charge on any atom is 0.344 e. The molecule has 6 nitrogen and oxygen atoms in total. The summed E-state index contributed by atoms with van der Waals surface area (Å²) >= 11 is 6.07. The number of unbranched alkanes of at least 4 members (excludes halogenated alkanes) is 6. The van der Waals surface area contributed by atoms with Gasteiger partial charge < -0.3 is 10.5 Å². The van der Waals surface area contributed by atoms with E-state index >= 15 is 0 Å². The van der Waals surface area contributed by atoms with Crippen LogP contribution in [-0.2, 0) is 4.74 Å². The fraction of sp³-hybridized carbons (Fsp3) is 0.346. The molecule has 0 radical (unpaired) electrons. The highest BCUT2D eigenvalue weighted by Gasteiger charge is 2.25. The number of rotatable bonds is 10. The zero-order chi connectivity index (χ0) is 23.2. The topological polar surface area (TPSA) is 83.0 Å². The van der Waals surface area contributed by atoms with Crippen molar-refractivity contribution in [3.8, 4) is 5.69 Å². The standard InChI is InChI=1S/C26H29ClN4O2/c1-2-3-4-5-6-7-10-17-33-26(32)22-23-25(30-21-12-9-8-11-20(21)29-23)31(24(22)28)19-15-13-18(27)14-16-19/h8-9,11-16H,2-7,10,17,28H2,1H3. The fourth-order valence-electron chi connectivity index (χ4n) is 4.01. The number of esters is 1. The summed E-state index contributed by atoms with van der Waals surface area (Å²) in [6.07, 6.45) is 8.05. The summed E-state index contributed by atoms with van der Waals surface area (Å²) in [5.74, 6) is -0.215. The van der Waals surface area contributed by atoms with Crippen LogP contribution < -0.4 is 5.73 Å². The van der Waals surface area contributed by atoms with E-state index in [4.69, 9.17) is 32.0 Å². The Kier molecular flexibility index (Phi) is 7.45. The lowest BCUT2D eigenvalue weighted by molar-refractivity contribution is 0.0501. The minimum atomic E-state index is -0.472. The number of halogens is 1. The van der Waals surface area contributed by atoms with E-state index in [9.17, 15) is 4.79 Å². The molecule has 2 aromatic carbocycles. The monoisotopic (exact) mass is 464 g/mol. The molecule has 4 aromatic rings. The molecule has 4 rings (SSSR count). The average Bonchev–Trinajstić information content (AvgIpc) is 3.10. The van der Waals surface area contributed by atoms with Crippen LogP contribution in [0.3, 0.4) is 0 Å². The molecule has 7 heteroatoms. The number of fused-ring (bicyclic) bond motifs is 2. The summed E-state index contributed by atoms with van der Waals surface area (Å²) in [6.45, 7) is 2.57. The second kappa shape index (κ2) is 10.7. The number of hydrogen-bond acceptors (Lipinski definition) is 5. The molecule has 0 aliphatic carbocycles. The van der Waals surface area contributed by atoms with Gasteiger partial charge in [-0.05, 0) is 42.8 Å². The van der Waals surface area contributed by atoms with Gasteiger partial charge in [0.2, 0.25) is 0 Å². The van der Waals surface area contributed by atoms with Crippen LogP contribution in [0.2, 0.25) is 5.02 Å². The van der Waals surface area contributed by atoms with Crippen molar-refractivity contribution in [1.82, 2.24) is 14.5 Å². The number of anilines is 1. The first-order valence-corrected chi connectivity index (χ1v) is 12.0. The molecule has 0 saturated carbocycles.